The van der Waals surface area contributed by atoms with E-state index in [0.29, 0.717) is 23.4 Å². The van der Waals surface area contributed by atoms with Crippen LogP contribution in [0.3, 0.4) is 0 Å². The molecule has 4 aromatic rings. The monoisotopic (exact) mass is 415 g/mol. The number of carbonyl (C=O) groups is 1. The Bertz CT molecular complexity index is 1220. The summed E-state index contributed by atoms with van der Waals surface area (Å²) in [6.07, 6.45) is 1.02. The van der Waals surface area contributed by atoms with Crippen molar-refractivity contribution in [2.45, 2.75) is 13.2 Å². The smallest absolute Gasteiger partial charge is 0.411 e. The molecular weight excluding hydrogens is 394 g/mol. The SMILES string of the molecule is O=C(Nc1ccc(OCc2ccccc2)cc1)OCCn1ncc2ccccc2c1=O. The first-order chi connectivity index (χ1) is 15.2. The molecule has 0 fully saturated rings. The van der Waals surface area contributed by atoms with E-state index in [2.05, 4.69) is 10.4 Å². The summed E-state index contributed by atoms with van der Waals surface area (Å²) < 4.78 is 12.2. The molecule has 1 aromatic heterocycles. The Morgan fingerprint density at radius 3 is 2.48 bits per heavy atom. The van der Waals surface area contributed by atoms with Crippen molar-refractivity contribution >= 4 is 22.6 Å². The van der Waals surface area contributed by atoms with Crippen LogP contribution in [0.5, 0.6) is 5.75 Å². The lowest BCUT2D eigenvalue weighted by atomic mass is 10.2. The third-order valence-corrected chi connectivity index (χ3v) is 4.65. The average Bonchev–Trinajstić information content (AvgIpc) is 2.81. The predicted octanol–water partition coefficient (Wildman–Crippen LogP) is 4.22. The number of nitrogens with one attached hydrogen (secondary N) is 1. The highest BCUT2D eigenvalue weighted by Gasteiger charge is 2.07. The molecule has 3 aromatic carbocycles. The van der Waals surface area contributed by atoms with Crippen molar-refractivity contribution in [3.8, 4) is 5.75 Å². The highest BCUT2D eigenvalue weighted by Crippen LogP contribution is 2.17. The molecule has 0 radical (unpaired) electrons. The Hall–Kier alpha value is -4.13. The molecule has 0 spiro atoms. The standard InChI is InChI=1S/C24H21N3O4/c28-23-22-9-5-4-8-19(22)16-25-27(23)14-15-30-24(29)26-20-10-12-21(13-11-20)31-17-18-6-2-1-3-7-18/h1-13,16H,14-15,17H2,(H,26,29). The quantitative estimate of drug-likeness (QED) is 0.489. The number of hydrogen-bond donors (Lipinski definition) is 1. The van der Waals surface area contributed by atoms with Crippen molar-refractivity contribution in [1.82, 2.24) is 9.78 Å². The zero-order chi connectivity index (χ0) is 21.5. The molecule has 1 heterocycles. The lowest BCUT2D eigenvalue weighted by molar-refractivity contribution is 0.155. The van der Waals surface area contributed by atoms with E-state index in [0.717, 1.165) is 10.9 Å². The molecule has 0 unspecified atom stereocenters. The second-order valence-electron chi connectivity index (χ2n) is 6.82. The van der Waals surface area contributed by atoms with Crippen molar-refractivity contribution < 1.29 is 14.3 Å². The van der Waals surface area contributed by atoms with Gasteiger partial charge in [-0.15, -0.1) is 0 Å². The lowest BCUT2D eigenvalue weighted by Crippen LogP contribution is -2.26. The van der Waals surface area contributed by atoms with Crippen molar-refractivity contribution in [1.29, 1.82) is 0 Å². The van der Waals surface area contributed by atoms with Crippen LogP contribution in [0.1, 0.15) is 5.56 Å². The number of hydrogen-bond acceptors (Lipinski definition) is 5. The van der Waals surface area contributed by atoms with Crippen molar-refractivity contribution in [2.75, 3.05) is 11.9 Å². The van der Waals surface area contributed by atoms with Gasteiger partial charge in [-0.3, -0.25) is 10.1 Å². The normalized spacial score (nSPS) is 10.6. The maximum atomic E-state index is 12.4. The van der Waals surface area contributed by atoms with Crippen LogP contribution in [0.25, 0.3) is 10.8 Å². The molecule has 0 saturated carbocycles. The number of amides is 1. The van der Waals surface area contributed by atoms with E-state index in [9.17, 15) is 9.59 Å². The summed E-state index contributed by atoms with van der Waals surface area (Å²) >= 11 is 0. The molecule has 0 aliphatic carbocycles. The van der Waals surface area contributed by atoms with Crippen LogP contribution in [0.15, 0.2) is 89.9 Å². The van der Waals surface area contributed by atoms with Crippen LogP contribution < -0.4 is 15.6 Å². The molecule has 0 atom stereocenters. The average molecular weight is 415 g/mol. The van der Waals surface area contributed by atoms with Gasteiger partial charge < -0.3 is 9.47 Å². The molecule has 7 nitrogen and oxygen atoms in total. The molecule has 4 rings (SSSR count). The summed E-state index contributed by atoms with van der Waals surface area (Å²) in [5.41, 5.74) is 1.44. The van der Waals surface area contributed by atoms with E-state index in [1.165, 1.54) is 4.68 Å². The van der Waals surface area contributed by atoms with Crippen LogP contribution in [0.2, 0.25) is 0 Å². The second kappa shape index (κ2) is 9.58. The highest BCUT2D eigenvalue weighted by atomic mass is 16.5. The van der Waals surface area contributed by atoms with Gasteiger partial charge in [-0.1, -0.05) is 48.5 Å². The number of nitrogens with zero attached hydrogens (tertiary/aromatic N) is 2. The van der Waals surface area contributed by atoms with Crippen LogP contribution in [0.4, 0.5) is 10.5 Å². The van der Waals surface area contributed by atoms with Gasteiger partial charge in [-0.25, -0.2) is 9.48 Å². The predicted molar refractivity (Wildman–Crippen MR) is 118 cm³/mol. The molecule has 31 heavy (non-hydrogen) atoms. The molecule has 0 aliphatic rings. The first kappa shape index (κ1) is 20.2. The number of rotatable bonds is 7. The topological polar surface area (TPSA) is 82.4 Å². The third kappa shape index (κ3) is 5.27. The molecule has 0 saturated heterocycles. The second-order valence-corrected chi connectivity index (χ2v) is 6.82. The minimum absolute atomic E-state index is 0.0232. The van der Waals surface area contributed by atoms with E-state index in [1.54, 1.807) is 42.6 Å². The zero-order valence-electron chi connectivity index (χ0n) is 16.7. The lowest BCUT2D eigenvalue weighted by Gasteiger charge is -2.10. The van der Waals surface area contributed by atoms with Crippen molar-refractivity contribution in [3.05, 3.63) is 101 Å². The minimum Gasteiger partial charge on any atom is -0.489 e. The molecule has 1 amide bonds. The Labute approximate surface area is 178 Å². The van der Waals surface area contributed by atoms with Crippen LogP contribution in [0, 0.1) is 0 Å². The van der Waals surface area contributed by atoms with Crippen LogP contribution in [-0.2, 0) is 17.9 Å². The summed E-state index contributed by atoms with van der Waals surface area (Å²) in [7, 11) is 0. The third-order valence-electron chi connectivity index (χ3n) is 4.65. The maximum Gasteiger partial charge on any atom is 0.411 e. The fraction of sp³-hybridized carbons (Fsp3) is 0.125. The summed E-state index contributed by atoms with van der Waals surface area (Å²) in [6.45, 7) is 0.663. The number of benzene rings is 3. The number of ether oxygens (including phenoxy) is 2. The summed E-state index contributed by atoms with van der Waals surface area (Å²) in [6, 6.07) is 24.1. The number of fused-ring (bicyclic) bond motifs is 1. The van der Waals surface area contributed by atoms with Gasteiger partial charge in [0, 0.05) is 11.1 Å². The fourth-order valence-electron chi connectivity index (χ4n) is 3.04. The van der Waals surface area contributed by atoms with Crippen LogP contribution in [-0.4, -0.2) is 22.5 Å². The molecule has 0 aliphatic heterocycles. The van der Waals surface area contributed by atoms with Crippen molar-refractivity contribution in [3.63, 3.8) is 0 Å². The number of carbonyl (C=O) groups excluding carboxylic acids is 1. The van der Waals surface area contributed by atoms with E-state index in [1.807, 2.05) is 42.5 Å². The van der Waals surface area contributed by atoms with Gasteiger partial charge in [0.2, 0.25) is 0 Å². The summed E-state index contributed by atoms with van der Waals surface area (Å²) in [5.74, 6) is 0.699. The van der Waals surface area contributed by atoms with Gasteiger partial charge >= 0.3 is 6.09 Å². The van der Waals surface area contributed by atoms with E-state index < -0.39 is 6.09 Å². The highest BCUT2D eigenvalue weighted by molar-refractivity contribution is 5.84. The van der Waals surface area contributed by atoms with E-state index in [-0.39, 0.29) is 18.7 Å². The fourth-order valence-corrected chi connectivity index (χ4v) is 3.04. The first-order valence-corrected chi connectivity index (χ1v) is 9.84. The molecule has 7 heteroatoms. The van der Waals surface area contributed by atoms with E-state index >= 15 is 0 Å². The zero-order valence-corrected chi connectivity index (χ0v) is 16.7. The van der Waals surface area contributed by atoms with Gasteiger partial charge in [0.25, 0.3) is 5.56 Å². The maximum absolute atomic E-state index is 12.4. The largest absolute Gasteiger partial charge is 0.489 e. The Morgan fingerprint density at radius 2 is 1.68 bits per heavy atom. The first-order valence-electron chi connectivity index (χ1n) is 9.84. The molecule has 0 bridgehead atoms. The minimum atomic E-state index is -0.605. The van der Waals surface area contributed by atoms with Crippen molar-refractivity contribution in [2.24, 2.45) is 0 Å². The Balaban J connectivity index is 1.25. The number of anilines is 1. The number of aromatic nitrogens is 2. The Kier molecular flexibility index (Phi) is 6.23. The molecular formula is C24H21N3O4. The van der Waals surface area contributed by atoms with E-state index in [4.69, 9.17) is 9.47 Å². The van der Waals surface area contributed by atoms with Crippen LogP contribution >= 0.6 is 0 Å². The van der Waals surface area contributed by atoms with Gasteiger partial charge in [-0.2, -0.15) is 5.10 Å². The summed E-state index contributed by atoms with van der Waals surface area (Å²) in [5, 5.41) is 8.12. The molecule has 156 valence electrons. The summed E-state index contributed by atoms with van der Waals surface area (Å²) in [4.78, 5) is 24.4. The van der Waals surface area contributed by atoms with Gasteiger partial charge in [0.05, 0.1) is 18.1 Å². The van der Waals surface area contributed by atoms with Gasteiger partial charge in [0.1, 0.15) is 19.0 Å². The molecule has 1 N–H and O–H groups in total. The Morgan fingerprint density at radius 1 is 0.935 bits per heavy atom. The van der Waals surface area contributed by atoms with Gasteiger partial charge in [-0.05, 0) is 35.9 Å². The van der Waals surface area contributed by atoms with Gasteiger partial charge in [0.15, 0.2) is 0 Å².